The maximum absolute atomic E-state index is 10.7. The average molecular weight is 530 g/mol. The summed E-state index contributed by atoms with van der Waals surface area (Å²) in [5.74, 6) is 3.46. The first-order chi connectivity index (χ1) is 17.9. The molecule has 0 amide bonds. The van der Waals surface area contributed by atoms with Gasteiger partial charge in [0.05, 0.1) is 55.5 Å². The molecular formula is C27H31NO8S. The maximum Gasteiger partial charge on any atom is 0.203 e. The molecule has 0 aliphatic rings. The third-order valence-electron chi connectivity index (χ3n) is 5.39. The minimum Gasteiger partial charge on any atom is -0.503 e. The molecule has 198 valence electrons. The molecule has 2 N–H and O–H groups in total. The molecule has 0 aliphatic carbocycles. The summed E-state index contributed by atoms with van der Waals surface area (Å²) >= 11 is 1.27. The Hall–Kier alpha value is -4.05. The summed E-state index contributed by atoms with van der Waals surface area (Å²) in [5.41, 5.74) is 2.09. The largest absolute Gasteiger partial charge is 0.503 e. The van der Waals surface area contributed by atoms with Gasteiger partial charge in [-0.3, -0.25) is 0 Å². The summed E-state index contributed by atoms with van der Waals surface area (Å²) in [6.45, 7) is 0. The van der Waals surface area contributed by atoms with Crippen molar-refractivity contribution in [2.45, 2.75) is 4.90 Å². The summed E-state index contributed by atoms with van der Waals surface area (Å²) in [6.07, 6.45) is 3.78. The fraction of sp³-hybridized carbons (Fsp3) is 0.259. The van der Waals surface area contributed by atoms with E-state index in [-0.39, 0.29) is 5.75 Å². The molecule has 0 radical (unpaired) electrons. The number of phenolic OH excluding ortho intramolecular Hbond substituents is 1. The fourth-order valence-electron chi connectivity index (χ4n) is 3.58. The molecule has 3 rings (SSSR count). The zero-order valence-corrected chi connectivity index (χ0v) is 22.6. The number of phenols is 1. The molecule has 3 aromatic carbocycles. The van der Waals surface area contributed by atoms with Crippen LogP contribution in [0.4, 0.5) is 5.69 Å². The molecule has 0 unspecified atom stereocenters. The highest BCUT2D eigenvalue weighted by Gasteiger charge is 2.16. The van der Waals surface area contributed by atoms with Gasteiger partial charge in [0.25, 0.3) is 0 Å². The zero-order valence-electron chi connectivity index (χ0n) is 21.8. The summed E-state index contributed by atoms with van der Waals surface area (Å²) in [4.78, 5) is 0.784. The van der Waals surface area contributed by atoms with Crippen molar-refractivity contribution in [1.82, 2.24) is 0 Å². The molecule has 3 aromatic rings. The Labute approximate surface area is 221 Å². The van der Waals surface area contributed by atoms with Gasteiger partial charge in [0.2, 0.25) is 11.5 Å². The number of ether oxygens (including phenoxy) is 7. The predicted molar refractivity (Wildman–Crippen MR) is 145 cm³/mol. The number of methoxy groups -OCH3 is 7. The van der Waals surface area contributed by atoms with Gasteiger partial charge in [-0.05, 0) is 59.5 Å². The van der Waals surface area contributed by atoms with Crippen LogP contribution in [0, 0.1) is 0 Å². The van der Waals surface area contributed by atoms with Gasteiger partial charge in [0.1, 0.15) is 0 Å². The SMILES string of the molecule is COc1cc(/C=C\c2cc(OC)c(OC)c(OC)c2)cc(NSc2cc(OC)c(OC)c(OC)c2)c1O. The highest BCUT2D eigenvalue weighted by atomic mass is 32.2. The van der Waals surface area contributed by atoms with E-state index in [1.165, 1.54) is 19.1 Å². The lowest BCUT2D eigenvalue weighted by Gasteiger charge is -2.15. The standard InChI is InChI=1S/C27H31NO8S/c1-30-20-11-16(8-9-17-12-21(31-2)26(35-6)22(13-17)32-3)10-19(25(20)29)28-37-18-14-23(33-4)27(36-7)24(15-18)34-5/h8-15,28-29H,1-7H3/b9-8-. The number of nitrogens with one attached hydrogen (secondary N) is 1. The lowest BCUT2D eigenvalue weighted by molar-refractivity contribution is 0.323. The van der Waals surface area contributed by atoms with Crippen molar-refractivity contribution in [3.05, 3.63) is 47.5 Å². The smallest absolute Gasteiger partial charge is 0.203 e. The number of hydrogen-bond acceptors (Lipinski definition) is 10. The van der Waals surface area contributed by atoms with Crippen LogP contribution in [0.15, 0.2) is 41.3 Å². The molecule has 0 saturated carbocycles. The van der Waals surface area contributed by atoms with Crippen LogP contribution in [0.2, 0.25) is 0 Å². The Morgan fingerprint density at radius 3 is 1.41 bits per heavy atom. The Bertz CT molecular complexity index is 1210. The Morgan fingerprint density at radius 2 is 0.973 bits per heavy atom. The van der Waals surface area contributed by atoms with Gasteiger partial charge < -0.3 is 43.0 Å². The number of aromatic hydroxyl groups is 1. The first-order valence-corrected chi connectivity index (χ1v) is 11.9. The van der Waals surface area contributed by atoms with Crippen LogP contribution in [0.3, 0.4) is 0 Å². The molecule has 0 spiro atoms. The monoisotopic (exact) mass is 529 g/mol. The van der Waals surface area contributed by atoms with Crippen molar-refractivity contribution in [3.8, 4) is 46.0 Å². The van der Waals surface area contributed by atoms with Crippen LogP contribution >= 0.6 is 11.9 Å². The molecular weight excluding hydrogens is 498 g/mol. The van der Waals surface area contributed by atoms with Gasteiger partial charge in [-0.25, -0.2) is 0 Å². The van der Waals surface area contributed by atoms with E-state index in [1.807, 2.05) is 36.4 Å². The van der Waals surface area contributed by atoms with Crippen molar-refractivity contribution < 1.29 is 38.3 Å². The summed E-state index contributed by atoms with van der Waals surface area (Å²) in [7, 11) is 10.9. The molecule has 0 atom stereocenters. The van der Waals surface area contributed by atoms with E-state index in [0.29, 0.717) is 45.9 Å². The predicted octanol–water partition coefficient (Wildman–Crippen LogP) is 5.74. The highest BCUT2D eigenvalue weighted by Crippen LogP contribution is 2.43. The molecule has 37 heavy (non-hydrogen) atoms. The van der Waals surface area contributed by atoms with E-state index in [4.69, 9.17) is 33.2 Å². The Morgan fingerprint density at radius 1 is 0.568 bits per heavy atom. The van der Waals surface area contributed by atoms with Crippen LogP contribution in [-0.2, 0) is 0 Å². The van der Waals surface area contributed by atoms with Gasteiger partial charge >= 0.3 is 0 Å². The third kappa shape index (κ3) is 6.21. The van der Waals surface area contributed by atoms with E-state index in [9.17, 15) is 5.11 Å². The van der Waals surface area contributed by atoms with Crippen LogP contribution in [0.25, 0.3) is 12.2 Å². The first-order valence-electron chi connectivity index (χ1n) is 11.0. The molecule has 0 saturated heterocycles. The van der Waals surface area contributed by atoms with Gasteiger partial charge in [-0.15, -0.1) is 0 Å². The van der Waals surface area contributed by atoms with Crippen molar-refractivity contribution in [2.24, 2.45) is 0 Å². The van der Waals surface area contributed by atoms with Crippen LogP contribution in [0.5, 0.6) is 46.0 Å². The van der Waals surface area contributed by atoms with E-state index in [2.05, 4.69) is 4.72 Å². The normalized spacial score (nSPS) is 10.7. The summed E-state index contributed by atoms with van der Waals surface area (Å²) in [5, 5.41) is 10.7. The third-order valence-corrected chi connectivity index (χ3v) is 6.18. The lowest BCUT2D eigenvalue weighted by Crippen LogP contribution is -1.97. The molecule has 0 heterocycles. The minimum absolute atomic E-state index is 0.0209. The van der Waals surface area contributed by atoms with E-state index >= 15 is 0 Å². The second kappa shape index (κ2) is 12.8. The molecule has 0 aromatic heterocycles. The summed E-state index contributed by atoms with van der Waals surface area (Å²) in [6, 6.07) is 10.8. The van der Waals surface area contributed by atoms with Gasteiger partial charge in [-0.2, -0.15) is 0 Å². The van der Waals surface area contributed by atoms with Crippen LogP contribution in [0.1, 0.15) is 11.1 Å². The van der Waals surface area contributed by atoms with Gasteiger partial charge in [-0.1, -0.05) is 12.2 Å². The number of hydrogen-bond donors (Lipinski definition) is 2. The van der Waals surface area contributed by atoms with Crippen molar-refractivity contribution >= 4 is 29.8 Å². The summed E-state index contributed by atoms with van der Waals surface area (Å²) < 4.78 is 41.0. The quantitative estimate of drug-likeness (QED) is 0.172. The van der Waals surface area contributed by atoms with E-state index < -0.39 is 0 Å². The second-order valence-electron chi connectivity index (χ2n) is 7.48. The van der Waals surface area contributed by atoms with Crippen LogP contribution < -0.4 is 37.9 Å². The molecule has 10 heteroatoms. The van der Waals surface area contributed by atoms with Gasteiger partial charge in [0.15, 0.2) is 34.5 Å². The average Bonchev–Trinajstić information content (AvgIpc) is 2.94. The van der Waals surface area contributed by atoms with Crippen molar-refractivity contribution in [2.75, 3.05) is 54.5 Å². The second-order valence-corrected chi connectivity index (χ2v) is 8.36. The fourth-order valence-corrected chi connectivity index (χ4v) is 4.29. The topological polar surface area (TPSA) is 96.9 Å². The Kier molecular flexibility index (Phi) is 9.51. The molecule has 0 aliphatic heterocycles. The highest BCUT2D eigenvalue weighted by molar-refractivity contribution is 8.00. The number of benzene rings is 3. The number of rotatable bonds is 12. The molecule has 9 nitrogen and oxygen atoms in total. The minimum atomic E-state index is -0.0209. The van der Waals surface area contributed by atoms with E-state index in [1.54, 1.807) is 54.8 Å². The molecule has 0 bridgehead atoms. The van der Waals surface area contributed by atoms with Crippen LogP contribution in [-0.4, -0.2) is 54.9 Å². The van der Waals surface area contributed by atoms with Gasteiger partial charge in [0, 0.05) is 4.90 Å². The zero-order chi connectivity index (χ0) is 26.9. The lowest BCUT2D eigenvalue weighted by atomic mass is 10.1. The molecule has 0 fully saturated rings. The first kappa shape index (κ1) is 27.5. The van der Waals surface area contributed by atoms with Crippen molar-refractivity contribution in [3.63, 3.8) is 0 Å². The Balaban J connectivity index is 1.91. The maximum atomic E-state index is 10.7. The van der Waals surface area contributed by atoms with E-state index in [0.717, 1.165) is 16.0 Å². The van der Waals surface area contributed by atoms with Crippen molar-refractivity contribution in [1.29, 1.82) is 0 Å². The number of anilines is 1.